The van der Waals surface area contributed by atoms with Crippen molar-refractivity contribution in [2.75, 3.05) is 0 Å². The molecule has 2 unspecified atom stereocenters. The molecule has 21 heavy (non-hydrogen) atoms. The van der Waals surface area contributed by atoms with E-state index in [1.54, 1.807) is 13.0 Å². The van der Waals surface area contributed by atoms with E-state index in [1.165, 1.54) is 17.8 Å². The Morgan fingerprint density at radius 2 is 1.86 bits per heavy atom. The van der Waals surface area contributed by atoms with Crippen LogP contribution >= 0.6 is 11.3 Å². The topological polar surface area (TPSA) is 58.2 Å². The normalized spacial score (nSPS) is 13.8. The Morgan fingerprint density at radius 3 is 2.43 bits per heavy atom. The zero-order chi connectivity index (χ0) is 15.8. The summed E-state index contributed by atoms with van der Waals surface area (Å²) in [5.41, 5.74) is 0. The summed E-state index contributed by atoms with van der Waals surface area (Å²) >= 11 is 1.37. The highest BCUT2D eigenvalue weighted by atomic mass is 32.1. The maximum absolute atomic E-state index is 12.0. The van der Waals surface area contributed by atoms with Crippen LogP contribution in [0.4, 0.5) is 0 Å². The molecular formula is C16H26N2O2S. The second kappa shape index (κ2) is 8.82. The van der Waals surface area contributed by atoms with Crippen LogP contribution in [0.2, 0.25) is 0 Å². The highest BCUT2D eigenvalue weighted by Crippen LogP contribution is 2.09. The zero-order valence-electron chi connectivity index (χ0n) is 13.3. The van der Waals surface area contributed by atoms with Crippen molar-refractivity contribution in [3.8, 4) is 0 Å². The highest BCUT2D eigenvalue weighted by molar-refractivity contribution is 7.12. The molecule has 0 aliphatic carbocycles. The smallest absolute Gasteiger partial charge is 0.261 e. The van der Waals surface area contributed by atoms with Crippen LogP contribution in [0.1, 0.15) is 56.6 Å². The van der Waals surface area contributed by atoms with Crippen LogP contribution in [0.25, 0.3) is 0 Å². The van der Waals surface area contributed by atoms with Gasteiger partial charge in [-0.3, -0.25) is 9.59 Å². The fourth-order valence-electron chi connectivity index (χ4n) is 2.01. The van der Waals surface area contributed by atoms with Gasteiger partial charge < -0.3 is 10.6 Å². The number of carbonyl (C=O) groups excluding carboxylic acids is 2. The van der Waals surface area contributed by atoms with Gasteiger partial charge in [0.05, 0.1) is 4.88 Å². The standard InChI is InChI=1S/C16H26N2O2S/c1-11(2)7-5-8-12(3)17-15(19)13(4)18-16(20)14-9-6-10-21-14/h6,9-13H,5,7-8H2,1-4H3,(H,17,19)(H,18,20). The van der Waals surface area contributed by atoms with Gasteiger partial charge in [-0.15, -0.1) is 11.3 Å². The van der Waals surface area contributed by atoms with Gasteiger partial charge in [0.25, 0.3) is 5.91 Å². The van der Waals surface area contributed by atoms with Crippen LogP contribution in [0.15, 0.2) is 17.5 Å². The molecule has 1 heterocycles. The van der Waals surface area contributed by atoms with Gasteiger partial charge in [0.1, 0.15) is 6.04 Å². The van der Waals surface area contributed by atoms with E-state index in [0.29, 0.717) is 10.8 Å². The Hall–Kier alpha value is -1.36. The number of carbonyl (C=O) groups is 2. The maximum atomic E-state index is 12.0. The SMILES string of the molecule is CC(C)CCCC(C)NC(=O)C(C)NC(=O)c1cccs1. The van der Waals surface area contributed by atoms with Crippen molar-refractivity contribution in [2.24, 2.45) is 5.92 Å². The molecule has 0 radical (unpaired) electrons. The van der Waals surface area contributed by atoms with Crippen LogP contribution in [0.5, 0.6) is 0 Å². The molecule has 0 aromatic carbocycles. The summed E-state index contributed by atoms with van der Waals surface area (Å²) in [5, 5.41) is 7.52. The number of rotatable bonds is 8. The monoisotopic (exact) mass is 310 g/mol. The van der Waals surface area contributed by atoms with E-state index in [9.17, 15) is 9.59 Å². The van der Waals surface area contributed by atoms with E-state index in [1.807, 2.05) is 18.4 Å². The van der Waals surface area contributed by atoms with E-state index >= 15 is 0 Å². The third-order valence-corrected chi connectivity index (χ3v) is 4.16. The Morgan fingerprint density at radius 1 is 1.14 bits per heavy atom. The number of hydrogen-bond donors (Lipinski definition) is 2. The summed E-state index contributed by atoms with van der Waals surface area (Å²) in [6.07, 6.45) is 3.25. The zero-order valence-corrected chi connectivity index (χ0v) is 14.1. The van der Waals surface area contributed by atoms with Gasteiger partial charge in [0.2, 0.25) is 5.91 Å². The average molecular weight is 310 g/mol. The second-order valence-corrected chi connectivity index (χ2v) is 6.85. The molecule has 2 atom stereocenters. The van der Waals surface area contributed by atoms with Gasteiger partial charge >= 0.3 is 0 Å². The molecule has 4 nitrogen and oxygen atoms in total. The van der Waals surface area contributed by atoms with Crippen molar-refractivity contribution in [2.45, 2.75) is 59.0 Å². The van der Waals surface area contributed by atoms with Crippen molar-refractivity contribution in [1.82, 2.24) is 10.6 Å². The minimum atomic E-state index is -0.521. The first-order valence-corrected chi connectivity index (χ1v) is 8.42. The Labute approximate surface area is 131 Å². The van der Waals surface area contributed by atoms with Crippen LogP contribution < -0.4 is 10.6 Å². The molecule has 0 bridgehead atoms. The van der Waals surface area contributed by atoms with Gasteiger partial charge in [-0.25, -0.2) is 0 Å². The van der Waals surface area contributed by atoms with E-state index in [-0.39, 0.29) is 17.9 Å². The predicted molar refractivity (Wildman–Crippen MR) is 87.5 cm³/mol. The predicted octanol–water partition coefficient (Wildman–Crippen LogP) is 3.20. The van der Waals surface area contributed by atoms with Crippen molar-refractivity contribution < 1.29 is 9.59 Å². The second-order valence-electron chi connectivity index (χ2n) is 5.91. The first kappa shape index (κ1) is 17.7. The van der Waals surface area contributed by atoms with E-state index < -0.39 is 6.04 Å². The van der Waals surface area contributed by atoms with Crippen LogP contribution in [0.3, 0.4) is 0 Å². The van der Waals surface area contributed by atoms with Gasteiger partial charge in [-0.05, 0) is 37.6 Å². The number of hydrogen-bond acceptors (Lipinski definition) is 3. The molecule has 1 rings (SSSR count). The molecule has 0 saturated carbocycles. The molecule has 0 fully saturated rings. The molecule has 0 spiro atoms. The van der Waals surface area contributed by atoms with E-state index in [0.717, 1.165) is 12.8 Å². The summed E-state index contributed by atoms with van der Waals surface area (Å²) in [6.45, 7) is 8.12. The highest BCUT2D eigenvalue weighted by Gasteiger charge is 2.18. The fraction of sp³-hybridized carbons (Fsp3) is 0.625. The average Bonchev–Trinajstić information content (AvgIpc) is 2.91. The number of amides is 2. The van der Waals surface area contributed by atoms with Crippen molar-refractivity contribution in [1.29, 1.82) is 0 Å². The van der Waals surface area contributed by atoms with E-state index in [2.05, 4.69) is 24.5 Å². The van der Waals surface area contributed by atoms with Gasteiger partial charge in [-0.2, -0.15) is 0 Å². The summed E-state index contributed by atoms with van der Waals surface area (Å²) in [4.78, 5) is 24.5. The molecule has 0 aliphatic heterocycles. The molecule has 5 heteroatoms. The molecule has 2 amide bonds. The Balaban J connectivity index is 2.32. The van der Waals surface area contributed by atoms with Crippen molar-refractivity contribution in [3.05, 3.63) is 22.4 Å². The molecular weight excluding hydrogens is 284 g/mol. The lowest BCUT2D eigenvalue weighted by atomic mass is 10.0. The van der Waals surface area contributed by atoms with Crippen LogP contribution in [-0.2, 0) is 4.79 Å². The van der Waals surface area contributed by atoms with Crippen LogP contribution in [-0.4, -0.2) is 23.9 Å². The summed E-state index contributed by atoms with van der Waals surface area (Å²) in [6, 6.07) is 3.18. The molecule has 0 aliphatic rings. The summed E-state index contributed by atoms with van der Waals surface area (Å²) in [5.74, 6) is 0.369. The van der Waals surface area contributed by atoms with Crippen molar-refractivity contribution in [3.63, 3.8) is 0 Å². The largest absolute Gasteiger partial charge is 0.352 e. The molecule has 0 saturated heterocycles. The minimum absolute atomic E-state index is 0.128. The first-order valence-electron chi connectivity index (χ1n) is 7.55. The molecule has 118 valence electrons. The quantitative estimate of drug-likeness (QED) is 0.774. The fourth-order valence-corrected chi connectivity index (χ4v) is 2.64. The number of thiophene rings is 1. The lowest BCUT2D eigenvalue weighted by Crippen LogP contribution is -2.47. The third-order valence-electron chi connectivity index (χ3n) is 3.29. The molecule has 2 N–H and O–H groups in total. The lowest BCUT2D eigenvalue weighted by Gasteiger charge is -2.18. The Bertz CT molecular complexity index is 443. The lowest BCUT2D eigenvalue weighted by molar-refractivity contribution is -0.123. The van der Waals surface area contributed by atoms with E-state index in [4.69, 9.17) is 0 Å². The maximum Gasteiger partial charge on any atom is 0.261 e. The van der Waals surface area contributed by atoms with Crippen molar-refractivity contribution >= 4 is 23.2 Å². The summed E-state index contributed by atoms with van der Waals surface area (Å²) in [7, 11) is 0. The molecule has 1 aromatic heterocycles. The van der Waals surface area contributed by atoms with Gasteiger partial charge in [-0.1, -0.05) is 32.8 Å². The van der Waals surface area contributed by atoms with Crippen LogP contribution in [0, 0.1) is 5.92 Å². The summed E-state index contributed by atoms with van der Waals surface area (Å²) < 4.78 is 0. The van der Waals surface area contributed by atoms with Gasteiger partial charge in [0.15, 0.2) is 0 Å². The van der Waals surface area contributed by atoms with Gasteiger partial charge in [0, 0.05) is 6.04 Å². The first-order chi connectivity index (χ1) is 9.90. The minimum Gasteiger partial charge on any atom is -0.352 e. The molecule has 1 aromatic rings. The Kier molecular flexibility index (Phi) is 7.43. The third kappa shape index (κ3) is 6.76. The number of nitrogens with one attached hydrogen (secondary N) is 2.